The van der Waals surface area contributed by atoms with Crippen molar-refractivity contribution in [3.63, 3.8) is 0 Å². The Balaban J connectivity index is 1.75. The minimum absolute atomic E-state index is 0.771. The molecule has 0 fully saturated rings. The zero-order valence-corrected chi connectivity index (χ0v) is 12.7. The van der Waals surface area contributed by atoms with Crippen molar-refractivity contribution in [1.29, 1.82) is 0 Å². The Morgan fingerprint density at radius 3 is 2.90 bits per heavy atom. The lowest BCUT2D eigenvalue weighted by Gasteiger charge is -2.13. The summed E-state index contributed by atoms with van der Waals surface area (Å²) >= 11 is 1.77. The number of aromatic nitrogens is 2. The number of imidazole rings is 1. The largest absolute Gasteiger partial charge is 0.379 e. The summed E-state index contributed by atoms with van der Waals surface area (Å²) in [6, 6.07) is 8.63. The quantitative estimate of drug-likeness (QED) is 0.799. The molecular weight excluding hydrogens is 268 g/mol. The van der Waals surface area contributed by atoms with Crippen molar-refractivity contribution in [2.45, 2.75) is 6.54 Å². The van der Waals surface area contributed by atoms with Crippen LogP contribution in [0.3, 0.4) is 0 Å². The van der Waals surface area contributed by atoms with Crippen LogP contribution < -0.4 is 10.2 Å². The summed E-state index contributed by atoms with van der Waals surface area (Å²) in [6.45, 7) is 0.771. The molecule has 20 heavy (non-hydrogen) atoms. The lowest BCUT2D eigenvalue weighted by Crippen LogP contribution is -2.15. The van der Waals surface area contributed by atoms with Crippen molar-refractivity contribution >= 4 is 33.1 Å². The summed E-state index contributed by atoms with van der Waals surface area (Å²) in [5, 5.41) is 6.88. The molecular formula is C15H18N4S. The number of hydrogen-bond donors (Lipinski definition) is 1. The molecule has 3 rings (SSSR count). The first-order valence-electron chi connectivity index (χ1n) is 6.54. The van der Waals surface area contributed by atoms with Crippen LogP contribution in [0.25, 0.3) is 10.1 Å². The van der Waals surface area contributed by atoms with E-state index < -0.39 is 0 Å². The molecule has 1 aromatic carbocycles. The average Bonchev–Trinajstić information content (AvgIpc) is 3.02. The Morgan fingerprint density at radius 2 is 2.15 bits per heavy atom. The Kier molecular flexibility index (Phi) is 3.36. The first kappa shape index (κ1) is 13.0. The van der Waals surface area contributed by atoms with Crippen LogP contribution >= 0.6 is 11.3 Å². The highest BCUT2D eigenvalue weighted by molar-refractivity contribution is 7.17. The fourth-order valence-corrected chi connectivity index (χ4v) is 3.05. The molecule has 104 valence electrons. The van der Waals surface area contributed by atoms with Gasteiger partial charge in [-0.2, -0.15) is 0 Å². The van der Waals surface area contributed by atoms with Gasteiger partial charge in [0.2, 0.25) is 5.95 Å². The summed E-state index contributed by atoms with van der Waals surface area (Å²) in [6.07, 6.45) is 1.92. The van der Waals surface area contributed by atoms with Gasteiger partial charge in [0.15, 0.2) is 0 Å². The Labute approximate surface area is 122 Å². The third-order valence-electron chi connectivity index (χ3n) is 3.39. The van der Waals surface area contributed by atoms with E-state index in [1.54, 1.807) is 11.3 Å². The molecule has 0 saturated carbocycles. The summed E-state index contributed by atoms with van der Waals surface area (Å²) in [7, 11) is 6.05. The maximum atomic E-state index is 4.42. The topological polar surface area (TPSA) is 33.1 Å². The molecule has 0 radical (unpaired) electrons. The molecule has 0 bridgehead atoms. The van der Waals surface area contributed by atoms with Crippen LogP contribution in [0.2, 0.25) is 0 Å². The van der Waals surface area contributed by atoms with Crippen LogP contribution in [-0.4, -0.2) is 23.6 Å². The molecule has 0 spiro atoms. The van der Waals surface area contributed by atoms with Gasteiger partial charge >= 0.3 is 0 Å². The summed E-state index contributed by atoms with van der Waals surface area (Å²) < 4.78 is 3.43. The molecule has 0 aliphatic heterocycles. The van der Waals surface area contributed by atoms with Gasteiger partial charge in [0, 0.05) is 31.5 Å². The second kappa shape index (κ2) is 5.17. The molecule has 0 aliphatic rings. The van der Waals surface area contributed by atoms with Gasteiger partial charge in [-0.3, -0.25) is 0 Å². The van der Waals surface area contributed by atoms with Crippen molar-refractivity contribution in [2.75, 3.05) is 24.3 Å². The van der Waals surface area contributed by atoms with Crippen LogP contribution in [0, 0.1) is 0 Å². The first-order valence-corrected chi connectivity index (χ1v) is 7.42. The lowest BCUT2D eigenvalue weighted by atomic mass is 10.2. The molecule has 0 aliphatic carbocycles. The number of fused-ring (bicyclic) bond motifs is 1. The van der Waals surface area contributed by atoms with Crippen LogP contribution in [0.15, 0.2) is 35.8 Å². The Bertz CT molecular complexity index is 726. The van der Waals surface area contributed by atoms with E-state index in [1.165, 1.54) is 15.8 Å². The first-order chi connectivity index (χ1) is 9.65. The maximum Gasteiger partial charge on any atom is 0.204 e. The smallest absolute Gasteiger partial charge is 0.204 e. The monoisotopic (exact) mass is 286 g/mol. The third-order valence-corrected chi connectivity index (χ3v) is 4.28. The van der Waals surface area contributed by atoms with Crippen LogP contribution in [0.5, 0.6) is 0 Å². The van der Waals surface area contributed by atoms with E-state index in [4.69, 9.17) is 0 Å². The highest BCUT2D eigenvalue weighted by Gasteiger charge is 2.07. The van der Waals surface area contributed by atoms with E-state index in [-0.39, 0.29) is 0 Å². The van der Waals surface area contributed by atoms with Crippen LogP contribution in [-0.2, 0) is 13.6 Å². The van der Waals surface area contributed by atoms with Crippen molar-refractivity contribution in [3.05, 3.63) is 41.5 Å². The number of nitrogens with zero attached hydrogens (tertiary/aromatic N) is 3. The molecule has 0 amide bonds. The SMILES string of the molecule is CN(C)c1ncc(CNc2ccc3sccc3c2)n1C. The van der Waals surface area contributed by atoms with E-state index in [0.29, 0.717) is 0 Å². The van der Waals surface area contributed by atoms with Gasteiger partial charge in [0.1, 0.15) is 0 Å². The second-order valence-electron chi connectivity index (χ2n) is 5.03. The minimum atomic E-state index is 0.771. The van der Waals surface area contributed by atoms with Crippen molar-refractivity contribution in [2.24, 2.45) is 7.05 Å². The van der Waals surface area contributed by atoms with Crippen LogP contribution in [0.4, 0.5) is 11.6 Å². The second-order valence-corrected chi connectivity index (χ2v) is 5.98. The van der Waals surface area contributed by atoms with Gasteiger partial charge in [-0.1, -0.05) is 0 Å². The highest BCUT2D eigenvalue weighted by Crippen LogP contribution is 2.24. The van der Waals surface area contributed by atoms with E-state index in [9.17, 15) is 0 Å². The van der Waals surface area contributed by atoms with E-state index in [2.05, 4.69) is 44.5 Å². The lowest BCUT2D eigenvalue weighted by molar-refractivity contribution is 0.814. The summed E-state index contributed by atoms with van der Waals surface area (Å²) in [5.41, 5.74) is 2.31. The van der Waals surface area contributed by atoms with Crippen molar-refractivity contribution in [3.8, 4) is 0 Å². The highest BCUT2D eigenvalue weighted by atomic mass is 32.1. The van der Waals surface area contributed by atoms with Gasteiger partial charge < -0.3 is 14.8 Å². The van der Waals surface area contributed by atoms with Gasteiger partial charge in [0.05, 0.1) is 18.4 Å². The Morgan fingerprint density at radius 1 is 1.30 bits per heavy atom. The molecule has 1 N–H and O–H groups in total. The number of nitrogens with one attached hydrogen (secondary N) is 1. The number of benzene rings is 1. The van der Waals surface area contributed by atoms with Gasteiger partial charge in [0.25, 0.3) is 0 Å². The summed E-state index contributed by atoms with van der Waals surface area (Å²) in [4.78, 5) is 6.43. The Hall–Kier alpha value is -2.01. The third kappa shape index (κ3) is 2.36. The predicted molar refractivity (Wildman–Crippen MR) is 86.7 cm³/mol. The minimum Gasteiger partial charge on any atom is -0.379 e. The number of anilines is 2. The zero-order chi connectivity index (χ0) is 14.1. The molecule has 0 atom stereocenters. The molecule has 3 aromatic rings. The number of hydrogen-bond acceptors (Lipinski definition) is 4. The maximum absolute atomic E-state index is 4.42. The van der Waals surface area contributed by atoms with E-state index in [1.807, 2.05) is 32.2 Å². The van der Waals surface area contributed by atoms with E-state index in [0.717, 1.165) is 18.2 Å². The van der Waals surface area contributed by atoms with Gasteiger partial charge in [-0.25, -0.2) is 4.98 Å². The fraction of sp³-hybridized carbons (Fsp3) is 0.267. The standard InChI is InChI=1S/C15H18N4S/c1-18(2)15-17-10-13(19(15)3)9-16-12-4-5-14-11(8-12)6-7-20-14/h4-8,10,16H,9H2,1-3H3. The molecule has 5 heteroatoms. The number of thiophene rings is 1. The molecule has 4 nitrogen and oxygen atoms in total. The molecule has 0 unspecified atom stereocenters. The van der Waals surface area contributed by atoms with E-state index >= 15 is 0 Å². The van der Waals surface area contributed by atoms with Gasteiger partial charge in [-0.05, 0) is 35.0 Å². The predicted octanol–water partition coefficient (Wildman–Crippen LogP) is 3.31. The van der Waals surface area contributed by atoms with Crippen LogP contribution in [0.1, 0.15) is 5.69 Å². The molecule has 2 aromatic heterocycles. The summed E-state index contributed by atoms with van der Waals surface area (Å²) in [5.74, 6) is 0.968. The van der Waals surface area contributed by atoms with Gasteiger partial charge in [-0.15, -0.1) is 11.3 Å². The average molecular weight is 286 g/mol. The number of rotatable bonds is 4. The molecule has 2 heterocycles. The fourth-order valence-electron chi connectivity index (χ4n) is 2.28. The van der Waals surface area contributed by atoms with Crippen molar-refractivity contribution in [1.82, 2.24) is 9.55 Å². The van der Waals surface area contributed by atoms with Crippen molar-refractivity contribution < 1.29 is 0 Å². The molecule has 0 saturated heterocycles. The zero-order valence-electron chi connectivity index (χ0n) is 11.9. The normalized spacial score (nSPS) is 10.9.